The zero-order valence-corrected chi connectivity index (χ0v) is 12.8. The number of rotatable bonds is 6. The van der Waals surface area contributed by atoms with Gasteiger partial charge in [-0.3, -0.25) is 4.98 Å². The van der Waals surface area contributed by atoms with Gasteiger partial charge in [-0.05, 0) is 18.8 Å². The van der Waals surface area contributed by atoms with Crippen molar-refractivity contribution in [2.24, 2.45) is 5.92 Å². The van der Waals surface area contributed by atoms with E-state index < -0.39 is 0 Å². The number of imidazole rings is 1. The molecule has 112 valence electrons. The monoisotopic (exact) mass is 309 g/mol. The normalized spacial score (nSPS) is 17.3. The van der Waals surface area contributed by atoms with E-state index in [0.717, 1.165) is 25.6 Å². The summed E-state index contributed by atoms with van der Waals surface area (Å²) in [6.45, 7) is 1.71. The van der Waals surface area contributed by atoms with Crippen molar-refractivity contribution in [1.82, 2.24) is 4.98 Å². The highest BCUT2D eigenvalue weighted by molar-refractivity contribution is 4.91. The Hall–Kier alpha value is -0.290. The molecule has 0 unspecified atom stereocenters. The van der Waals surface area contributed by atoms with Crippen LogP contribution in [0.5, 0.6) is 0 Å². The molecule has 0 aromatic carbocycles. The standard InChI is InChI=1S/C13H23N3O.2ClH/c14-12(6-13-7-15-10-16-13)9-17-8-11-4-2-1-3-5-11;;/h7,10-12H,1-6,8-9,14H2,(H,15,16);2*1H/t12-;;/m0../s1. The summed E-state index contributed by atoms with van der Waals surface area (Å²) >= 11 is 0. The fraction of sp³-hybridized carbons (Fsp3) is 0.769. The Morgan fingerprint density at radius 2 is 2.05 bits per heavy atom. The molecule has 1 aliphatic rings. The maximum atomic E-state index is 5.80. The maximum Gasteiger partial charge on any atom is 0.239 e. The molecule has 0 saturated heterocycles. The fourth-order valence-electron chi connectivity index (χ4n) is 2.56. The Morgan fingerprint density at radius 1 is 1.32 bits per heavy atom. The summed E-state index contributed by atoms with van der Waals surface area (Å²) in [7, 11) is 0. The number of aromatic amines is 2. The lowest BCUT2D eigenvalue weighted by Gasteiger charge is -2.21. The number of H-pyrrole nitrogens is 2. The van der Waals surface area contributed by atoms with E-state index >= 15 is 0 Å². The molecule has 1 aromatic rings. The second-order valence-electron chi connectivity index (χ2n) is 5.24. The minimum absolute atomic E-state index is 0. The lowest BCUT2D eigenvalue weighted by atomic mass is 9.90. The van der Waals surface area contributed by atoms with E-state index in [1.807, 2.05) is 12.5 Å². The number of quaternary nitrogens is 1. The molecule has 19 heavy (non-hydrogen) atoms. The van der Waals surface area contributed by atoms with E-state index in [4.69, 9.17) is 4.74 Å². The van der Waals surface area contributed by atoms with Gasteiger partial charge in [0, 0.05) is 6.61 Å². The zero-order valence-electron chi connectivity index (χ0n) is 11.3. The molecule has 2 rings (SSSR count). The summed E-state index contributed by atoms with van der Waals surface area (Å²) in [5, 5.41) is 0. The van der Waals surface area contributed by atoms with Gasteiger partial charge in [0.25, 0.3) is 0 Å². The van der Waals surface area contributed by atoms with Crippen molar-refractivity contribution in [3.8, 4) is 0 Å². The van der Waals surface area contributed by atoms with Gasteiger partial charge in [0.2, 0.25) is 6.33 Å². The van der Waals surface area contributed by atoms with Crippen LogP contribution in [0.4, 0.5) is 0 Å². The number of hydrogen-bond donors (Lipinski definition) is 2. The van der Waals surface area contributed by atoms with Crippen molar-refractivity contribution in [3.05, 3.63) is 18.2 Å². The third-order valence-electron chi connectivity index (χ3n) is 3.54. The Labute approximate surface area is 127 Å². The van der Waals surface area contributed by atoms with Crippen molar-refractivity contribution < 1.29 is 40.3 Å². The highest BCUT2D eigenvalue weighted by Crippen LogP contribution is 2.23. The van der Waals surface area contributed by atoms with Gasteiger partial charge in [-0.15, -0.1) is 0 Å². The fourth-order valence-corrected chi connectivity index (χ4v) is 2.56. The number of hydrogen-bond acceptors (Lipinski definition) is 1. The van der Waals surface area contributed by atoms with E-state index in [2.05, 4.69) is 15.7 Å². The second-order valence-corrected chi connectivity index (χ2v) is 5.24. The summed E-state index contributed by atoms with van der Waals surface area (Å²) in [5.41, 5.74) is 5.34. The topological polar surface area (TPSA) is 66.8 Å². The number of aromatic nitrogens is 2. The Bertz CT molecular complexity index is 303. The molecule has 1 heterocycles. The quantitative estimate of drug-likeness (QED) is 0.541. The molecule has 0 radical (unpaired) electrons. The third kappa shape index (κ3) is 7.16. The molecule has 0 aliphatic heterocycles. The predicted molar refractivity (Wildman–Crippen MR) is 65.1 cm³/mol. The second kappa shape index (κ2) is 10.5. The van der Waals surface area contributed by atoms with Crippen LogP contribution in [0.15, 0.2) is 12.5 Å². The predicted octanol–water partition coefficient (Wildman–Crippen LogP) is -5.41. The van der Waals surface area contributed by atoms with Crippen LogP contribution in [0.1, 0.15) is 37.8 Å². The number of halogens is 2. The highest BCUT2D eigenvalue weighted by atomic mass is 35.5. The minimum atomic E-state index is 0. The van der Waals surface area contributed by atoms with E-state index in [1.54, 1.807) is 0 Å². The summed E-state index contributed by atoms with van der Waals surface area (Å²) in [5.74, 6) is 0.801. The Kier molecular flexibility index (Phi) is 10.3. The van der Waals surface area contributed by atoms with Gasteiger partial charge in [0.1, 0.15) is 17.9 Å². The maximum absolute atomic E-state index is 5.80. The van der Waals surface area contributed by atoms with Crippen LogP contribution in [0, 0.1) is 5.92 Å². The smallest absolute Gasteiger partial charge is 0.239 e. The molecule has 1 aliphatic carbocycles. The van der Waals surface area contributed by atoms with Gasteiger partial charge >= 0.3 is 0 Å². The van der Waals surface area contributed by atoms with Crippen molar-refractivity contribution in [3.63, 3.8) is 0 Å². The van der Waals surface area contributed by atoms with E-state index in [9.17, 15) is 0 Å². The van der Waals surface area contributed by atoms with Crippen LogP contribution >= 0.6 is 0 Å². The number of ether oxygens (including phenoxy) is 1. The van der Waals surface area contributed by atoms with Crippen LogP contribution in [0.2, 0.25) is 0 Å². The van der Waals surface area contributed by atoms with Gasteiger partial charge < -0.3 is 35.3 Å². The van der Waals surface area contributed by atoms with Gasteiger partial charge in [-0.1, -0.05) is 19.3 Å². The summed E-state index contributed by atoms with van der Waals surface area (Å²) < 4.78 is 5.80. The first-order valence-electron chi connectivity index (χ1n) is 6.79. The van der Waals surface area contributed by atoms with Crippen LogP contribution in [0.3, 0.4) is 0 Å². The van der Waals surface area contributed by atoms with Crippen LogP contribution in [0.25, 0.3) is 0 Å². The summed E-state index contributed by atoms with van der Waals surface area (Å²) in [4.78, 5) is 6.18. The molecular weight excluding hydrogens is 285 g/mol. The van der Waals surface area contributed by atoms with Crippen LogP contribution in [-0.2, 0) is 11.2 Å². The molecular formula is C13H25Cl2N3O. The molecule has 0 bridgehead atoms. The minimum Gasteiger partial charge on any atom is -1.00 e. The average Bonchev–Trinajstić information content (AvgIpc) is 2.83. The van der Waals surface area contributed by atoms with E-state index in [-0.39, 0.29) is 24.8 Å². The van der Waals surface area contributed by atoms with Crippen molar-refractivity contribution in [2.45, 2.75) is 44.6 Å². The molecule has 1 fully saturated rings. The molecule has 5 N–H and O–H groups in total. The zero-order chi connectivity index (χ0) is 11.9. The van der Waals surface area contributed by atoms with Crippen molar-refractivity contribution >= 4 is 0 Å². The lowest BCUT2D eigenvalue weighted by molar-refractivity contribution is -0.427. The van der Waals surface area contributed by atoms with Gasteiger partial charge in [0.05, 0.1) is 13.0 Å². The molecule has 0 amide bonds. The first-order chi connectivity index (χ1) is 8.34. The van der Waals surface area contributed by atoms with E-state index in [0.29, 0.717) is 6.04 Å². The van der Waals surface area contributed by atoms with Crippen LogP contribution in [-0.4, -0.2) is 24.2 Å². The molecule has 4 nitrogen and oxygen atoms in total. The third-order valence-corrected chi connectivity index (χ3v) is 3.54. The van der Waals surface area contributed by atoms with Gasteiger partial charge in [-0.25, -0.2) is 4.98 Å². The lowest BCUT2D eigenvalue weighted by Crippen LogP contribution is -3.00. The van der Waals surface area contributed by atoms with Gasteiger partial charge in [0.15, 0.2) is 0 Å². The highest BCUT2D eigenvalue weighted by Gasteiger charge is 2.16. The average molecular weight is 310 g/mol. The first kappa shape index (κ1) is 18.7. The molecule has 0 spiro atoms. The van der Waals surface area contributed by atoms with E-state index in [1.165, 1.54) is 37.8 Å². The van der Waals surface area contributed by atoms with Crippen molar-refractivity contribution in [2.75, 3.05) is 13.2 Å². The summed E-state index contributed by atoms with van der Waals surface area (Å²) in [6.07, 6.45) is 11.7. The SMILES string of the molecule is [Cl-].[Cl-].[NH3+][C@H](COCC1CCCCC1)Cc1c[nH+]c[nH]1. The molecule has 1 atom stereocenters. The Morgan fingerprint density at radius 3 is 2.68 bits per heavy atom. The van der Waals surface area contributed by atoms with Crippen molar-refractivity contribution in [1.29, 1.82) is 0 Å². The molecule has 1 saturated carbocycles. The number of nitrogens with one attached hydrogen (secondary N) is 2. The molecule has 1 aromatic heterocycles. The van der Waals surface area contributed by atoms with Gasteiger partial charge in [-0.2, -0.15) is 0 Å². The first-order valence-corrected chi connectivity index (χ1v) is 6.79. The largest absolute Gasteiger partial charge is 1.00 e. The van der Waals surface area contributed by atoms with Crippen LogP contribution < -0.4 is 35.5 Å². The summed E-state index contributed by atoms with van der Waals surface area (Å²) in [6, 6.07) is 0.339. The molecule has 6 heteroatoms. The Balaban J connectivity index is 0.00000162.